The highest BCUT2D eigenvalue weighted by Gasteiger charge is 2.31. The van der Waals surface area contributed by atoms with Crippen LogP contribution in [0.25, 0.3) is 0 Å². The van der Waals surface area contributed by atoms with Crippen LogP contribution in [0.1, 0.15) is 48.8 Å². The summed E-state index contributed by atoms with van der Waals surface area (Å²) in [4.78, 5) is 33.3. The van der Waals surface area contributed by atoms with Gasteiger partial charge in [0.05, 0.1) is 6.04 Å². The van der Waals surface area contributed by atoms with Crippen molar-refractivity contribution < 1.29 is 4.79 Å². The highest BCUT2D eigenvalue weighted by Crippen LogP contribution is 2.37. The fourth-order valence-electron chi connectivity index (χ4n) is 2.62. The third-order valence-corrected chi connectivity index (χ3v) is 3.95. The SMILES string of the molecule is CC(C)[C@H]1C=CCN1C(=O)c1cnc(C2CC2)[nH]c1=O. The molecule has 1 amide bonds. The Kier molecular flexibility index (Phi) is 3.20. The Hall–Kier alpha value is -1.91. The van der Waals surface area contributed by atoms with Gasteiger partial charge in [0.2, 0.25) is 0 Å². The summed E-state index contributed by atoms with van der Waals surface area (Å²) >= 11 is 0. The molecule has 3 rings (SSSR count). The van der Waals surface area contributed by atoms with E-state index in [0.29, 0.717) is 24.2 Å². The standard InChI is InChI=1S/C15H19N3O2/c1-9(2)12-4-3-7-18(12)15(20)11-8-16-13(10-5-6-10)17-14(11)19/h3-4,8-10,12H,5-7H2,1-2H3,(H,16,17,19)/t12-/m1/s1. The van der Waals surface area contributed by atoms with E-state index in [2.05, 4.69) is 23.8 Å². The summed E-state index contributed by atoms with van der Waals surface area (Å²) in [7, 11) is 0. The molecule has 1 saturated carbocycles. The van der Waals surface area contributed by atoms with Crippen molar-refractivity contribution in [3.63, 3.8) is 0 Å². The predicted octanol–water partition coefficient (Wildman–Crippen LogP) is 1.68. The Morgan fingerprint density at radius 1 is 1.45 bits per heavy atom. The molecule has 106 valence electrons. The molecule has 1 atom stereocenters. The van der Waals surface area contributed by atoms with Crippen molar-refractivity contribution in [2.75, 3.05) is 6.54 Å². The van der Waals surface area contributed by atoms with Crippen LogP contribution >= 0.6 is 0 Å². The summed E-state index contributed by atoms with van der Waals surface area (Å²) in [5.74, 6) is 1.19. The number of nitrogens with zero attached hydrogens (tertiary/aromatic N) is 2. The van der Waals surface area contributed by atoms with Gasteiger partial charge in [-0.3, -0.25) is 9.59 Å². The van der Waals surface area contributed by atoms with Gasteiger partial charge < -0.3 is 9.88 Å². The predicted molar refractivity (Wildman–Crippen MR) is 75.6 cm³/mol. The number of aromatic nitrogens is 2. The molecular formula is C15H19N3O2. The van der Waals surface area contributed by atoms with E-state index in [1.54, 1.807) is 4.90 Å². The molecule has 5 heteroatoms. The minimum absolute atomic E-state index is 0.0602. The van der Waals surface area contributed by atoms with E-state index >= 15 is 0 Å². The number of nitrogens with one attached hydrogen (secondary N) is 1. The van der Waals surface area contributed by atoms with Crippen LogP contribution in [0.3, 0.4) is 0 Å². The molecule has 1 N–H and O–H groups in total. The van der Waals surface area contributed by atoms with Crippen molar-refractivity contribution in [3.8, 4) is 0 Å². The van der Waals surface area contributed by atoms with E-state index in [1.165, 1.54) is 6.20 Å². The Bertz CT molecular complexity index is 614. The van der Waals surface area contributed by atoms with Gasteiger partial charge in [-0.2, -0.15) is 0 Å². The third-order valence-electron chi connectivity index (χ3n) is 3.95. The Labute approximate surface area is 117 Å². The molecular weight excluding hydrogens is 254 g/mol. The average Bonchev–Trinajstić information content (AvgIpc) is 3.14. The lowest BCUT2D eigenvalue weighted by atomic mass is 10.0. The summed E-state index contributed by atoms with van der Waals surface area (Å²) in [5.41, 5.74) is -0.176. The second kappa shape index (κ2) is 4.89. The molecule has 2 heterocycles. The van der Waals surface area contributed by atoms with Crippen LogP contribution in [0, 0.1) is 5.92 Å². The first-order valence-corrected chi connectivity index (χ1v) is 7.14. The lowest BCUT2D eigenvalue weighted by Crippen LogP contribution is -2.41. The molecule has 0 radical (unpaired) electrons. The Morgan fingerprint density at radius 3 is 2.80 bits per heavy atom. The number of rotatable bonds is 3. The van der Waals surface area contributed by atoms with E-state index in [-0.39, 0.29) is 23.1 Å². The van der Waals surface area contributed by atoms with Crippen LogP contribution in [-0.4, -0.2) is 33.4 Å². The van der Waals surface area contributed by atoms with Crippen molar-refractivity contribution >= 4 is 5.91 Å². The summed E-state index contributed by atoms with van der Waals surface area (Å²) in [6.07, 6.45) is 7.58. The highest BCUT2D eigenvalue weighted by atomic mass is 16.2. The monoisotopic (exact) mass is 273 g/mol. The van der Waals surface area contributed by atoms with Gasteiger partial charge in [-0.25, -0.2) is 4.98 Å². The minimum Gasteiger partial charge on any atom is -0.328 e. The zero-order valence-corrected chi connectivity index (χ0v) is 11.8. The maximum Gasteiger partial charge on any atom is 0.263 e. The molecule has 2 aliphatic rings. The van der Waals surface area contributed by atoms with Crippen LogP contribution < -0.4 is 5.56 Å². The number of aromatic amines is 1. The van der Waals surface area contributed by atoms with Crippen molar-refractivity contribution in [2.45, 2.75) is 38.6 Å². The fourth-order valence-corrected chi connectivity index (χ4v) is 2.62. The molecule has 1 aromatic heterocycles. The van der Waals surface area contributed by atoms with Gasteiger partial charge in [0.25, 0.3) is 11.5 Å². The first kappa shape index (κ1) is 13.1. The molecule has 0 unspecified atom stereocenters. The number of carbonyl (C=O) groups is 1. The molecule has 0 saturated heterocycles. The van der Waals surface area contributed by atoms with Gasteiger partial charge in [0.15, 0.2) is 0 Å². The molecule has 0 bridgehead atoms. The van der Waals surface area contributed by atoms with Gasteiger partial charge >= 0.3 is 0 Å². The van der Waals surface area contributed by atoms with Gasteiger partial charge in [0, 0.05) is 18.7 Å². The second-order valence-electron chi connectivity index (χ2n) is 5.91. The molecule has 20 heavy (non-hydrogen) atoms. The number of carbonyl (C=O) groups excluding carboxylic acids is 1. The summed E-state index contributed by atoms with van der Waals surface area (Å²) in [5, 5.41) is 0. The smallest absolute Gasteiger partial charge is 0.263 e. The second-order valence-corrected chi connectivity index (χ2v) is 5.91. The molecule has 1 aliphatic heterocycles. The van der Waals surface area contributed by atoms with Gasteiger partial charge in [-0.05, 0) is 18.8 Å². The number of hydrogen-bond acceptors (Lipinski definition) is 3. The Balaban J connectivity index is 1.85. The van der Waals surface area contributed by atoms with E-state index in [4.69, 9.17) is 0 Å². The van der Waals surface area contributed by atoms with Crippen molar-refractivity contribution in [1.29, 1.82) is 0 Å². The number of amides is 1. The number of hydrogen-bond donors (Lipinski definition) is 1. The highest BCUT2D eigenvalue weighted by molar-refractivity contribution is 5.94. The molecule has 1 aromatic rings. The molecule has 5 nitrogen and oxygen atoms in total. The maximum absolute atomic E-state index is 12.5. The van der Waals surface area contributed by atoms with Crippen LogP contribution in [0.2, 0.25) is 0 Å². The Morgan fingerprint density at radius 2 is 2.20 bits per heavy atom. The maximum atomic E-state index is 12.5. The minimum atomic E-state index is -0.318. The van der Waals surface area contributed by atoms with Gasteiger partial charge in [0.1, 0.15) is 11.4 Å². The van der Waals surface area contributed by atoms with Gasteiger partial charge in [-0.15, -0.1) is 0 Å². The average molecular weight is 273 g/mol. The van der Waals surface area contributed by atoms with Crippen LogP contribution in [0.5, 0.6) is 0 Å². The number of H-pyrrole nitrogens is 1. The van der Waals surface area contributed by atoms with Crippen LogP contribution in [0.15, 0.2) is 23.1 Å². The first-order chi connectivity index (χ1) is 9.58. The largest absolute Gasteiger partial charge is 0.328 e. The van der Waals surface area contributed by atoms with Crippen molar-refractivity contribution in [2.24, 2.45) is 5.92 Å². The summed E-state index contributed by atoms with van der Waals surface area (Å²) in [6, 6.07) is 0.0602. The van der Waals surface area contributed by atoms with Crippen molar-refractivity contribution in [1.82, 2.24) is 14.9 Å². The van der Waals surface area contributed by atoms with Crippen LogP contribution in [-0.2, 0) is 0 Å². The zero-order chi connectivity index (χ0) is 14.3. The van der Waals surface area contributed by atoms with E-state index in [0.717, 1.165) is 12.8 Å². The van der Waals surface area contributed by atoms with E-state index < -0.39 is 0 Å². The summed E-state index contributed by atoms with van der Waals surface area (Å²) < 4.78 is 0. The van der Waals surface area contributed by atoms with E-state index in [9.17, 15) is 9.59 Å². The molecule has 1 fully saturated rings. The molecule has 0 spiro atoms. The normalized spacial score (nSPS) is 21.8. The van der Waals surface area contributed by atoms with Gasteiger partial charge in [-0.1, -0.05) is 26.0 Å². The fraction of sp³-hybridized carbons (Fsp3) is 0.533. The lowest BCUT2D eigenvalue weighted by molar-refractivity contribution is 0.0718. The topological polar surface area (TPSA) is 66.1 Å². The zero-order valence-electron chi connectivity index (χ0n) is 11.8. The van der Waals surface area contributed by atoms with E-state index in [1.807, 2.05) is 12.2 Å². The van der Waals surface area contributed by atoms with Crippen molar-refractivity contribution in [3.05, 3.63) is 40.1 Å². The van der Waals surface area contributed by atoms with Crippen LogP contribution in [0.4, 0.5) is 0 Å². The first-order valence-electron chi connectivity index (χ1n) is 7.14. The molecule has 0 aromatic carbocycles. The third kappa shape index (κ3) is 2.28. The quantitative estimate of drug-likeness (QED) is 0.852. The lowest BCUT2D eigenvalue weighted by Gasteiger charge is -2.27. The summed E-state index contributed by atoms with van der Waals surface area (Å²) in [6.45, 7) is 4.70. The molecule has 1 aliphatic carbocycles.